The zero-order valence-corrected chi connectivity index (χ0v) is 13.2. The van der Waals surface area contributed by atoms with Crippen LogP contribution in [0.15, 0.2) is 10.7 Å². The molecular formula is C14H19N5O4. The van der Waals surface area contributed by atoms with Crippen LogP contribution in [0.4, 0.5) is 0 Å². The number of carboxylic acids is 1. The molecule has 124 valence electrons. The van der Waals surface area contributed by atoms with Gasteiger partial charge < -0.3 is 10.4 Å². The molecule has 0 aromatic carbocycles. The van der Waals surface area contributed by atoms with Crippen LogP contribution < -0.4 is 5.32 Å². The lowest BCUT2D eigenvalue weighted by molar-refractivity contribution is 0.0683. The van der Waals surface area contributed by atoms with Crippen LogP contribution in [-0.4, -0.2) is 43.6 Å². The van der Waals surface area contributed by atoms with E-state index in [2.05, 4.69) is 25.4 Å². The molecule has 0 saturated heterocycles. The number of carbonyl (C=O) groups excluding carboxylic acids is 1. The Morgan fingerprint density at radius 1 is 1.39 bits per heavy atom. The van der Waals surface area contributed by atoms with Crippen LogP contribution in [0, 0.1) is 0 Å². The number of carboxylic acid groups (broad SMARTS) is 1. The van der Waals surface area contributed by atoms with Crippen LogP contribution in [0.5, 0.6) is 0 Å². The molecule has 2 aromatic heterocycles. The van der Waals surface area contributed by atoms with Crippen molar-refractivity contribution in [3.8, 4) is 0 Å². The van der Waals surface area contributed by atoms with Gasteiger partial charge in [-0.05, 0) is 30.0 Å². The topological polar surface area (TPSA) is 123 Å². The summed E-state index contributed by atoms with van der Waals surface area (Å²) in [4.78, 5) is 23.0. The Labute approximate surface area is 132 Å². The third-order valence-corrected chi connectivity index (χ3v) is 3.36. The van der Waals surface area contributed by atoms with E-state index in [4.69, 9.17) is 5.11 Å². The zero-order valence-electron chi connectivity index (χ0n) is 13.2. The average Bonchev–Trinajstić information content (AvgIpc) is 3.09. The fourth-order valence-electron chi connectivity index (χ4n) is 2.07. The van der Waals surface area contributed by atoms with Gasteiger partial charge >= 0.3 is 5.97 Å². The summed E-state index contributed by atoms with van der Waals surface area (Å²) < 4.78 is 5.97. The van der Waals surface area contributed by atoms with Crippen LogP contribution in [0.25, 0.3) is 0 Å². The van der Waals surface area contributed by atoms with E-state index in [9.17, 15) is 9.59 Å². The summed E-state index contributed by atoms with van der Waals surface area (Å²) in [5.74, 6) is -1.15. The summed E-state index contributed by atoms with van der Waals surface area (Å²) in [7, 11) is 1.72. The largest absolute Gasteiger partial charge is 0.476 e. The molecule has 2 aromatic rings. The average molecular weight is 321 g/mol. The number of aromatic carboxylic acids is 1. The van der Waals surface area contributed by atoms with E-state index < -0.39 is 5.97 Å². The molecule has 9 heteroatoms. The first-order valence-corrected chi connectivity index (χ1v) is 7.27. The highest BCUT2D eigenvalue weighted by Gasteiger charge is 2.17. The van der Waals surface area contributed by atoms with Gasteiger partial charge in [0.1, 0.15) is 11.4 Å². The number of amides is 1. The molecule has 2 N–H and O–H groups in total. The lowest BCUT2D eigenvalue weighted by atomic mass is 10.1. The first-order chi connectivity index (χ1) is 10.9. The quantitative estimate of drug-likeness (QED) is 0.729. The SMILES string of the molecule is CC(C)c1cc(C(=O)NCCCc2nonc2C(=O)O)n(C)n1. The molecule has 0 bridgehead atoms. The number of nitrogens with one attached hydrogen (secondary N) is 1. The summed E-state index contributed by atoms with van der Waals surface area (Å²) in [6.07, 6.45) is 0.878. The predicted octanol–water partition coefficient (Wildman–Crippen LogP) is 0.987. The number of hydrogen-bond acceptors (Lipinski definition) is 6. The minimum atomic E-state index is -1.18. The van der Waals surface area contributed by atoms with Gasteiger partial charge in [0.05, 0.1) is 5.69 Å². The number of hydrogen-bond donors (Lipinski definition) is 2. The Morgan fingerprint density at radius 3 is 2.74 bits per heavy atom. The molecule has 23 heavy (non-hydrogen) atoms. The Bertz CT molecular complexity index is 704. The summed E-state index contributed by atoms with van der Waals surface area (Å²) >= 11 is 0. The van der Waals surface area contributed by atoms with Gasteiger partial charge in [0, 0.05) is 13.6 Å². The van der Waals surface area contributed by atoms with Gasteiger partial charge in [-0.1, -0.05) is 19.0 Å². The van der Waals surface area contributed by atoms with Crippen molar-refractivity contribution in [2.75, 3.05) is 6.54 Å². The molecule has 0 saturated carbocycles. The van der Waals surface area contributed by atoms with E-state index in [1.807, 2.05) is 13.8 Å². The van der Waals surface area contributed by atoms with Gasteiger partial charge in [0.15, 0.2) is 0 Å². The zero-order chi connectivity index (χ0) is 17.0. The van der Waals surface area contributed by atoms with E-state index >= 15 is 0 Å². The van der Waals surface area contributed by atoms with Crippen LogP contribution >= 0.6 is 0 Å². The van der Waals surface area contributed by atoms with E-state index in [-0.39, 0.29) is 23.2 Å². The molecule has 0 spiro atoms. The number of aromatic nitrogens is 4. The van der Waals surface area contributed by atoms with Crippen molar-refractivity contribution in [2.45, 2.75) is 32.6 Å². The van der Waals surface area contributed by atoms with E-state index in [0.717, 1.165) is 5.69 Å². The standard InChI is InChI=1S/C14H19N5O4/c1-8(2)10-7-11(19(3)16-10)13(20)15-6-4-5-9-12(14(21)22)18-23-17-9/h7-8H,4-6H2,1-3H3,(H,15,20)(H,21,22). The molecular weight excluding hydrogens is 302 g/mol. The first kappa shape index (κ1) is 16.7. The second-order valence-electron chi connectivity index (χ2n) is 5.46. The highest BCUT2D eigenvalue weighted by atomic mass is 16.6. The van der Waals surface area contributed by atoms with E-state index in [0.29, 0.717) is 25.1 Å². The predicted molar refractivity (Wildman–Crippen MR) is 79.2 cm³/mol. The molecule has 0 aliphatic heterocycles. The van der Waals surface area contributed by atoms with Crippen molar-refractivity contribution in [3.63, 3.8) is 0 Å². The normalized spacial score (nSPS) is 11.0. The van der Waals surface area contributed by atoms with Crippen molar-refractivity contribution in [3.05, 3.63) is 28.8 Å². The highest BCUT2D eigenvalue weighted by molar-refractivity contribution is 5.92. The van der Waals surface area contributed by atoms with Gasteiger partial charge in [-0.2, -0.15) is 5.10 Å². The van der Waals surface area contributed by atoms with Crippen molar-refractivity contribution < 1.29 is 19.3 Å². The van der Waals surface area contributed by atoms with Gasteiger partial charge in [0.25, 0.3) is 5.91 Å². The maximum atomic E-state index is 12.1. The Balaban J connectivity index is 1.85. The molecule has 0 unspecified atom stereocenters. The van der Waals surface area contributed by atoms with Gasteiger partial charge in [-0.25, -0.2) is 9.42 Å². The van der Waals surface area contributed by atoms with Crippen LogP contribution in [0.2, 0.25) is 0 Å². The summed E-state index contributed by atoms with van der Waals surface area (Å²) in [5.41, 5.74) is 1.43. The third kappa shape index (κ3) is 3.93. The lowest BCUT2D eigenvalue weighted by Crippen LogP contribution is -2.26. The van der Waals surface area contributed by atoms with Gasteiger partial charge in [-0.15, -0.1) is 0 Å². The fraction of sp³-hybridized carbons (Fsp3) is 0.500. The lowest BCUT2D eigenvalue weighted by Gasteiger charge is -2.04. The molecule has 0 aliphatic carbocycles. The summed E-state index contributed by atoms with van der Waals surface area (Å²) in [6, 6.07) is 1.77. The van der Waals surface area contributed by atoms with E-state index in [1.165, 1.54) is 0 Å². The van der Waals surface area contributed by atoms with Gasteiger partial charge in [0.2, 0.25) is 5.69 Å². The van der Waals surface area contributed by atoms with Crippen molar-refractivity contribution >= 4 is 11.9 Å². The summed E-state index contributed by atoms with van der Waals surface area (Å²) in [6.45, 7) is 4.40. The van der Waals surface area contributed by atoms with Crippen molar-refractivity contribution in [1.82, 2.24) is 25.4 Å². The number of carbonyl (C=O) groups is 2. The minimum absolute atomic E-state index is 0.190. The van der Waals surface area contributed by atoms with Crippen LogP contribution in [0.1, 0.15) is 58.6 Å². The summed E-state index contributed by atoms with van der Waals surface area (Å²) in [5, 5.41) is 22.8. The minimum Gasteiger partial charge on any atom is -0.476 e. The van der Waals surface area contributed by atoms with Crippen molar-refractivity contribution in [1.29, 1.82) is 0 Å². The Morgan fingerprint density at radius 2 is 2.13 bits per heavy atom. The second kappa shape index (κ2) is 7.03. The molecule has 0 radical (unpaired) electrons. The van der Waals surface area contributed by atoms with E-state index in [1.54, 1.807) is 17.8 Å². The second-order valence-corrected chi connectivity index (χ2v) is 5.46. The molecule has 9 nitrogen and oxygen atoms in total. The number of nitrogens with zero attached hydrogens (tertiary/aromatic N) is 4. The molecule has 2 rings (SSSR count). The smallest absolute Gasteiger partial charge is 0.360 e. The third-order valence-electron chi connectivity index (χ3n) is 3.36. The number of rotatable bonds is 7. The fourth-order valence-corrected chi connectivity index (χ4v) is 2.07. The molecule has 1 amide bonds. The maximum absolute atomic E-state index is 12.1. The molecule has 0 fully saturated rings. The molecule has 0 atom stereocenters. The molecule has 0 aliphatic rings. The first-order valence-electron chi connectivity index (χ1n) is 7.27. The maximum Gasteiger partial charge on any atom is 0.360 e. The van der Waals surface area contributed by atoms with Crippen LogP contribution in [-0.2, 0) is 13.5 Å². The highest BCUT2D eigenvalue weighted by Crippen LogP contribution is 2.13. The Hall–Kier alpha value is -2.71. The monoisotopic (exact) mass is 321 g/mol. The number of aryl methyl sites for hydroxylation is 2. The molecule has 2 heterocycles. The van der Waals surface area contributed by atoms with Crippen LogP contribution in [0.3, 0.4) is 0 Å². The van der Waals surface area contributed by atoms with Crippen molar-refractivity contribution in [2.24, 2.45) is 7.05 Å². The Kier molecular flexibility index (Phi) is 5.09. The van der Waals surface area contributed by atoms with Gasteiger partial charge in [-0.3, -0.25) is 9.48 Å².